The van der Waals surface area contributed by atoms with E-state index in [-0.39, 0.29) is 6.04 Å². The lowest BCUT2D eigenvalue weighted by Gasteiger charge is -2.09. The standard InChI is InChI=1S/C7H11N3O2/c1-12-7(11)6(8)4-5-2-3-9-10-5/h2-3,5-6H,4,8H2,1H3/t5?,6-/m0/s1. The van der Waals surface area contributed by atoms with E-state index in [1.165, 1.54) is 7.11 Å². The van der Waals surface area contributed by atoms with Gasteiger partial charge in [0.25, 0.3) is 0 Å². The summed E-state index contributed by atoms with van der Waals surface area (Å²) in [6, 6.07) is -0.680. The highest BCUT2D eigenvalue weighted by atomic mass is 16.5. The van der Waals surface area contributed by atoms with Gasteiger partial charge in [-0.15, -0.1) is 0 Å². The van der Waals surface area contributed by atoms with Crippen LogP contribution in [0.4, 0.5) is 0 Å². The number of esters is 1. The van der Waals surface area contributed by atoms with Crippen LogP contribution in [-0.4, -0.2) is 25.2 Å². The lowest BCUT2D eigenvalue weighted by atomic mass is 10.1. The summed E-state index contributed by atoms with van der Waals surface area (Å²) in [6.45, 7) is 0. The molecule has 1 rings (SSSR count). The van der Waals surface area contributed by atoms with Crippen molar-refractivity contribution < 1.29 is 9.53 Å². The van der Waals surface area contributed by atoms with E-state index in [2.05, 4.69) is 15.0 Å². The molecule has 2 atom stereocenters. The Kier molecular flexibility index (Phi) is 2.93. The molecule has 0 radical (unpaired) electrons. The van der Waals surface area contributed by atoms with E-state index < -0.39 is 12.0 Å². The summed E-state index contributed by atoms with van der Waals surface area (Å²) in [5.41, 5.74) is 5.50. The van der Waals surface area contributed by atoms with Gasteiger partial charge in [-0.1, -0.05) is 0 Å². The van der Waals surface area contributed by atoms with Crippen LogP contribution in [0.15, 0.2) is 22.5 Å². The minimum Gasteiger partial charge on any atom is -0.468 e. The molecular weight excluding hydrogens is 158 g/mol. The summed E-state index contributed by atoms with van der Waals surface area (Å²) in [5.74, 6) is -0.412. The van der Waals surface area contributed by atoms with Crippen LogP contribution in [0.3, 0.4) is 0 Å². The maximum absolute atomic E-state index is 10.9. The van der Waals surface area contributed by atoms with E-state index in [9.17, 15) is 4.79 Å². The fourth-order valence-corrected chi connectivity index (χ4v) is 0.934. The number of ether oxygens (including phenoxy) is 1. The predicted molar refractivity (Wildman–Crippen MR) is 42.4 cm³/mol. The monoisotopic (exact) mass is 169 g/mol. The van der Waals surface area contributed by atoms with Crippen LogP contribution in [-0.2, 0) is 9.53 Å². The zero-order valence-corrected chi connectivity index (χ0v) is 6.80. The molecule has 1 unspecified atom stereocenters. The predicted octanol–water partition coefficient (Wildman–Crippen LogP) is 0.225. The van der Waals surface area contributed by atoms with Gasteiger partial charge in [0.2, 0.25) is 0 Å². The third-order valence-corrected chi connectivity index (χ3v) is 1.59. The Morgan fingerprint density at radius 1 is 1.83 bits per heavy atom. The third kappa shape index (κ3) is 2.13. The molecule has 5 heteroatoms. The van der Waals surface area contributed by atoms with Crippen LogP contribution in [0, 0.1) is 0 Å². The SMILES string of the molecule is COC(=O)[C@@H](N)CC1C=CN=N1. The van der Waals surface area contributed by atoms with Gasteiger partial charge in [0.1, 0.15) is 6.04 Å². The van der Waals surface area contributed by atoms with E-state index in [1.807, 2.05) is 0 Å². The molecule has 66 valence electrons. The molecule has 0 bridgehead atoms. The Hall–Kier alpha value is -1.23. The number of nitrogens with zero attached hydrogens (tertiary/aromatic N) is 2. The smallest absolute Gasteiger partial charge is 0.322 e. The molecule has 1 aliphatic heterocycles. The van der Waals surface area contributed by atoms with E-state index in [4.69, 9.17) is 5.73 Å². The lowest BCUT2D eigenvalue weighted by molar-refractivity contribution is -0.142. The third-order valence-electron chi connectivity index (χ3n) is 1.59. The van der Waals surface area contributed by atoms with Gasteiger partial charge in [-0.2, -0.15) is 10.2 Å². The first-order valence-corrected chi connectivity index (χ1v) is 3.64. The van der Waals surface area contributed by atoms with Gasteiger partial charge in [0, 0.05) is 12.6 Å². The number of hydrogen-bond acceptors (Lipinski definition) is 5. The molecule has 1 aliphatic rings. The molecule has 0 aromatic carbocycles. The quantitative estimate of drug-likeness (QED) is 0.614. The average Bonchev–Trinajstić information content (AvgIpc) is 2.55. The number of nitrogens with two attached hydrogens (primary N) is 1. The minimum absolute atomic E-state index is 0.0703. The second-order valence-corrected chi connectivity index (χ2v) is 2.51. The molecule has 0 amide bonds. The van der Waals surface area contributed by atoms with Crippen molar-refractivity contribution in [1.82, 2.24) is 0 Å². The summed E-state index contributed by atoms with van der Waals surface area (Å²) in [5, 5.41) is 7.46. The summed E-state index contributed by atoms with van der Waals surface area (Å²) >= 11 is 0. The first kappa shape index (κ1) is 8.86. The Bertz CT molecular complexity index is 213. The van der Waals surface area contributed by atoms with Crippen LogP contribution in [0.2, 0.25) is 0 Å². The van der Waals surface area contributed by atoms with Gasteiger partial charge in [-0.05, 0) is 6.08 Å². The molecule has 0 aromatic heterocycles. The summed E-state index contributed by atoms with van der Waals surface area (Å²) < 4.78 is 4.46. The van der Waals surface area contributed by atoms with Gasteiger partial charge in [-0.3, -0.25) is 4.79 Å². The van der Waals surface area contributed by atoms with Crippen molar-refractivity contribution in [2.75, 3.05) is 7.11 Å². The van der Waals surface area contributed by atoms with Crippen molar-refractivity contribution in [2.45, 2.75) is 18.5 Å². The number of azo groups is 1. The van der Waals surface area contributed by atoms with Crippen molar-refractivity contribution in [3.05, 3.63) is 12.3 Å². The Labute approximate surface area is 70.3 Å². The van der Waals surface area contributed by atoms with Crippen molar-refractivity contribution in [2.24, 2.45) is 16.0 Å². The van der Waals surface area contributed by atoms with Crippen LogP contribution in [0.1, 0.15) is 6.42 Å². The van der Waals surface area contributed by atoms with Gasteiger partial charge < -0.3 is 10.5 Å². The fraction of sp³-hybridized carbons (Fsp3) is 0.571. The average molecular weight is 169 g/mol. The summed E-state index contributed by atoms with van der Waals surface area (Å²) in [6.07, 6.45) is 3.84. The normalized spacial score (nSPS) is 22.7. The number of carbonyl (C=O) groups is 1. The van der Waals surface area contributed by atoms with E-state index >= 15 is 0 Å². The fourth-order valence-electron chi connectivity index (χ4n) is 0.934. The Balaban J connectivity index is 2.35. The van der Waals surface area contributed by atoms with Crippen LogP contribution < -0.4 is 5.73 Å². The largest absolute Gasteiger partial charge is 0.468 e. The van der Waals surface area contributed by atoms with E-state index in [0.29, 0.717) is 6.42 Å². The maximum Gasteiger partial charge on any atom is 0.322 e. The number of methoxy groups -OCH3 is 1. The van der Waals surface area contributed by atoms with Crippen molar-refractivity contribution in [3.8, 4) is 0 Å². The molecule has 0 aromatic rings. The zero-order valence-electron chi connectivity index (χ0n) is 6.80. The van der Waals surface area contributed by atoms with E-state index in [1.54, 1.807) is 12.3 Å². The van der Waals surface area contributed by atoms with Crippen molar-refractivity contribution in [1.29, 1.82) is 0 Å². The molecular formula is C7H11N3O2. The molecule has 2 N–H and O–H groups in total. The second kappa shape index (κ2) is 3.96. The molecule has 1 heterocycles. The number of carbonyl (C=O) groups excluding carboxylic acids is 1. The van der Waals surface area contributed by atoms with E-state index in [0.717, 1.165) is 0 Å². The molecule has 0 saturated heterocycles. The van der Waals surface area contributed by atoms with Crippen molar-refractivity contribution >= 4 is 5.97 Å². The highest BCUT2D eigenvalue weighted by Gasteiger charge is 2.19. The van der Waals surface area contributed by atoms with Crippen LogP contribution in [0.5, 0.6) is 0 Å². The molecule has 5 nitrogen and oxygen atoms in total. The van der Waals surface area contributed by atoms with Gasteiger partial charge in [0.15, 0.2) is 0 Å². The van der Waals surface area contributed by atoms with Crippen LogP contribution >= 0.6 is 0 Å². The molecule has 0 spiro atoms. The highest BCUT2D eigenvalue weighted by Crippen LogP contribution is 2.09. The van der Waals surface area contributed by atoms with Gasteiger partial charge in [-0.25, -0.2) is 0 Å². The number of rotatable bonds is 3. The van der Waals surface area contributed by atoms with Gasteiger partial charge in [0.05, 0.1) is 13.2 Å². The Morgan fingerprint density at radius 3 is 3.08 bits per heavy atom. The molecule has 0 aliphatic carbocycles. The van der Waals surface area contributed by atoms with Crippen molar-refractivity contribution in [3.63, 3.8) is 0 Å². The molecule has 12 heavy (non-hydrogen) atoms. The topological polar surface area (TPSA) is 77.0 Å². The lowest BCUT2D eigenvalue weighted by Crippen LogP contribution is -2.34. The first-order valence-electron chi connectivity index (χ1n) is 3.64. The Morgan fingerprint density at radius 2 is 2.58 bits per heavy atom. The summed E-state index contributed by atoms with van der Waals surface area (Å²) in [7, 11) is 1.31. The maximum atomic E-state index is 10.9. The molecule has 0 saturated carbocycles. The first-order chi connectivity index (χ1) is 5.74. The summed E-state index contributed by atoms with van der Waals surface area (Å²) in [4.78, 5) is 10.9. The van der Waals surface area contributed by atoms with Gasteiger partial charge >= 0.3 is 5.97 Å². The number of hydrogen-bond donors (Lipinski definition) is 1. The minimum atomic E-state index is -0.610. The highest BCUT2D eigenvalue weighted by molar-refractivity contribution is 5.75. The zero-order chi connectivity index (χ0) is 8.97. The second-order valence-electron chi connectivity index (χ2n) is 2.51. The van der Waals surface area contributed by atoms with Crippen LogP contribution in [0.25, 0.3) is 0 Å². The molecule has 0 fully saturated rings.